The standard InChI is InChI=1S/C35H40ClN3O7.ClH/c1-35(2,3)46-34(42)39-17-15-26(16-18-39)45-28-12-13-29-30(19-28)38(4)32(37-29)22-43-27-11-7-24(8-14-33(40)41)31(20-27)44-21-23-5-9-25(36)10-6-23;/h5-7,9-13,19-20,26H,8,14-18,21-22H2,1-4H3,(H,40,41);1H. The molecule has 0 bridgehead atoms. The lowest BCUT2D eigenvalue weighted by atomic mass is 10.1. The normalized spacial score (nSPS) is 13.6. The summed E-state index contributed by atoms with van der Waals surface area (Å²) in [5.41, 5.74) is 2.95. The van der Waals surface area contributed by atoms with Gasteiger partial charge < -0.3 is 33.5 Å². The monoisotopic (exact) mass is 685 g/mol. The SMILES string of the molecule is Cl.Cn1c(COc2ccc(CCC(=O)O)c(OCc3ccc(Cl)cc3)c2)nc2ccc(OC3CCN(C(=O)OC(C)(C)C)CC3)cc21. The lowest BCUT2D eigenvalue weighted by molar-refractivity contribution is -0.136. The fourth-order valence-corrected chi connectivity index (χ4v) is 5.32. The van der Waals surface area contributed by atoms with E-state index in [4.69, 9.17) is 35.5 Å². The van der Waals surface area contributed by atoms with Gasteiger partial charge in [0.25, 0.3) is 0 Å². The molecular formula is C35H41Cl2N3O7. The van der Waals surface area contributed by atoms with Crippen molar-refractivity contribution in [3.8, 4) is 17.2 Å². The first-order valence-electron chi connectivity index (χ1n) is 15.4. The summed E-state index contributed by atoms with van der Waals surface area (Å²) in [6.07, 6.45) is 1.50. The highest BCUT2D eigenvalue weighted by Gasteiger charge is 2.28. The van der Waals surface area contributed by atoms with Crippen molar-refractivity contribution in [2.45, 2.75) is 71.4 Å². The van der Waals surface area contributed by atoms with Gasteiger partial charge in [-0.05, 0) is 68.7 Å². The van der Waals surface area contributed by atoms with Crippen LogP contribution < -0.4 is 14.2 Å². The van der Waals surface area contributed by atoms with E-state index in [-0.39, 0.29) is 37.6 Å². The number of hydrogen-bond donors (Lipinski definition) is 1. The molecule has 252 valence electrons. The molecule has 1 aliphatic rings. The van der Waals surface area contributed by atoms with Gasteiger partial charge in [-0.15, -0.1) is 12.4 Å². The van der Waals surface area contributed by atoms with Gasteiger partial charge in [0.1, 0.15) is 48.0 Å². The van der Waals surface area contributed by atoms with E-state index in [2.05, 4.69) is 0 Å². The Morgan fingerprint density at radius 2 is 1.66 bits per heavy atom. The number of imidazole rings is 1. The highest BCUT2D eigenvalue weighted by molar-refractivity contribution is 6.30. The van der Waals surface area contributed by atoms with Crippen molar-refractivity contribution < 1.29 is 33.6 Å². The number of aromatic nitrogens is 2. The molecule has 0 atom stereocenters. The number of likely N-dealkylation sites (tertiary alicyclic amines) is 1. The summed E-state index contributed by atoms with van der Waals surface area (Å²) >= 11 is 6.00. The zero-order valence-electron chi connectivity index (χ0n) is 27.0. The molecule has 10 nitrogen and oxygen atoms in total. The summed E-state index contributed by atoms with van der Waals surface area (Å²) in [6, 6.07) is 18.6. The molecule has 12 heteroatoms. The third-order valence-electron chi connectivity index (χ3n) is 7.66. The van der Waals surface area contributed by atoms with Gasteiger partial charge in [0.15, 0.2) is 0 Å². The van der Waals surface area contributed by atoms with Crippen LogP contribution in [0.1, 0.15) is 57.0 Å². The van der Waals surface area contributed by atoms with Crippen LogP contribution in [0.4, 0.5) is 4.79 Å². The molecule has 1 aliphatic heterocycles. The number of ether oxygens (including phenoxy) is 4. The Labute approximate surface area is 285 Å². The first-order chi connectivity index (χ1) is 21.9. The number of halogens is 2. The number of benzene rings is 3. The van der Waals surface area contributed by atoms with Crippen LogP contribution in [0.25, 0.3) is 11.0 Å². The second kappa shape index (κ2) is 15.6. The van der Waals surface area contributed by atoms with Gasteiger partial charge in [0.2, 0.25) is 0 Å². The van der Waals surface area contributed by atoms with Crippen molar-refractivity contribution in [2.24, 2.45) is 7.05 Å². The first kappa shape index (κ1) is 35.7. The van der Waals surface area contributed by atoms with E-state index in [0.717, 1.165) is 46.6 Å². The minimum Gasteiger partial charge on any atom is -0.490 e. The molecule has 5 rings (SSSR count). The average molecular weight is 687 g/mol. The zero-order chi connectivity index (χ0) is 32.8. The summed E-state index contributed by atoms with van der Waals surface area (Å²) in [6.45, 7) is 7.30. The number of carboxylic acid groups (broad SMARTS) is 1. The third kappa shape index (κ3) is 9.92. The number of piperidine rings is 1. The van der Waals surface area contributed by atoms with Crippen LogP contribution in [0, 0.1) is 0 Å². The molecule has 4 aromatic rings. The van der Waals surface area contributed by atoms with Gasteiger partial charge >= 0.3 is 12.1 Å². The first-order valence-corrected chi connectivity index (χ1v) is 15.8. The van der Waals surface area contributed by atoms with Crippen LogP contribution in [0.15, 0.2) is 60.7 Å². The molecule has 0 spiro atoms. The van der Waals surface area contributed by atoms with Gasteiger partial charge in [-0.3, -0.25) is 4.79 Å². The lowest BCUT2D eigenvalue weighted by Crippen LogP contribution is -2.44. The quantitative estimate of drug-likeness (QED) is 0.172. The number of rotatable bonds is 11. The van der Waals surface area contributed by atoms with Crippen molar-refractivity contribution in [3.05, 3.63) is 82.6 Å². The maximum atomic E-state index is 12.4. The van der Waals surface area contributed by atoms with Crippen LogP contribution in [-0.2, 0) is 36.2 Å². The minimum absolute atomic E-state index is 0. The lowest BCUT2D eigenvalue weighted by Gasteiger charge is -2.33. The predicted octanol–water partition coefficient (Wildman–Crippen LogP) is 7.60. The van der Waals surface area contributed by atoms with Gasteiger partial charge in [0, 0.05) is 56.6 Å². The van der Waals surface area contributed by atoms with Crippen LogP contribution in [0.3, 0.4) is 0 Å². The van der Waals surface area contributed by atoms with Crippen molar-refractivity contribution in [2.75, 3.05) is 13.1 Å². The molecule has 1 N–H and O–H groups in total. The molecule has 0 radical (unpaired) electrons. The van der Waals surface area contributed by atoms with E-state index in [1.54, 1.807) is 23.1 Å². The number of nitrogens with zero attached hydrogens (tertiary/aromatic N) is 3. The molecule has 0 aliphatic carbocycles. The number of carboxylic acids is 1. The summed E-state index contributed by atoms with van der Waals surface area (Å²) in [4.78, 5) is 30.1. The molecule has 0 saturated carbocycles. The van der Waals surface area contributed by atoms with Crippen LogP contribution in [0.2, 0.25) is 5.02 Å². The van der Waals surface area contributed by atoms with E-state index in [1.807, 2.05) is 74.9 Å². The fraction of sp³-hybridized carbons (Fsp3) is 0.400. The number of aliphatic carboxylic acids is 1. The summed E-state index contributed by atoms with van der Waals surface area (Å²) < 4.78 is 26.0. The van der Waals surface area contributed by atoms with Gasteiger partial charge in [-0.2, -0.15) is 0 Å². The number of fused-ring (bicyclic) bond motifs is 1. The van der Waals surface area contributed by atoms with Gasteiger partial charge in [-0.1, -0.05) is 29.8 Å². The number of carbonyl (C=O) groups is 2. The Balaban J connectivity index is 0.00000500. The second-order valence-corrected chi connectivity index (χ2v) is 12.8. The van der Waals surface area contributed by atoms with Crippen LogP contribution >= 0.6 is 24.0 Å². The molecule has 47 heavy (non-hydrogen) atoms. The molecule has 2 heterocycles. The largest absolute Gasteiger partial charge is 0.490 e. The van der Waals surface area contributed by atoms with E-state index in [9.17, 15) is 14.7 Å². The van der Waals surface area contributed by atoms with Gasteiger partial charge in [0.05, 0.1) is 11.0 Å². The van der Waals surface area contributed by atoms with E-state index >= 15 is 0 Å². The molecular weight excluding hydrogens is 645 g/mol. The van der Waals surface area contributed by atoms with Crippen LogP contribution in [0.5, 0.6) is 17.2 Å². The summed E-state index contributed by atoms with van der Waals surface area (Å²) in [5, 5.41) is 9.84. The smallest absolute Gasteiger partial charge is 0.410 e. The van der Waals surface area contributed by atoms with E-state index < -0.39 is 11.6 Å². The predicted molar refractivity (Wildman–Crippen MR) is 182 cm³/mol. The zero-order valence-corrected chi connectivity index (χ0v) is 28.6. The number of carbonyl (C=O) groups excluding carboxylic acids is 1. The fourth-order valence-electron chi connectivity index (χ4n) is 5.19. The Kier molecular flexibility index (Phi) is 11.9. The highest BCUT2D eigenvalue weighted by Crippen LogP contribution is 2.29. The molecule has 3 aromatic carbocycles. The van der Waals surface area contributed by atoms with Crippen molar-refractivity contribution in [3.63, 3.8) is 0 Å². The third-order valence-corrected chi connectivity index (χ3v) is 7.92. The Morgan fingerprint density at radius 1 is 0.957 bits per heavy atom. The highest BCUT2D eigenvalue weighted by atomic mass is 35.5. The maximum Gasteiger partial charge on any atom is 0.410 e. The molecule has 1 amide bonds. The summed E-state index contributed by atoms with van der Waals surface area (Å²) in [5.74, 6) is 1.76. The van der Waals surface area contributed by atoms with Crippen molar-refractivity contribution in [1.82, 2.24) is 14.5 Å². The number of hydrogen-bond acceptors (Lipinski definition) is 7. The van der Waals surface area contributed by atoms with E-state index in [1.165, 1.54) is 0 Å². The van der Waals surface area contributed by atoms with Crippen LogP contribution in [-0.4, -0.2) is 56.4 Å². The average Bonchev–Trinajstić information content (AvgIpc) is 3.33. The maximum absolute atomic E-state index is 12.4. The topological polar surface area (TPSA) is 112 Å². The molecule has 1 aromatic heterocycles. The number of aryl methyl sites for hydroxylation is 2. The van der Waals surface area contributed by atoms with E-state index in [0.29, 0.717) is 42.6 Å². The summed E-state index contributed by atoms with van der Waals surface area (Å²) in [7, 11) is 1.94. The van der Waals surface area contributed by atoms with Crippen molar-refractivity contribution >= 4 is 47.1 Å². The Hall–Kier alpha value is -4.15. The number of amides is 1. The van der Waals surface area contributed by atoms with Gasteiger partial charge in [-0.25, -0.2) is 9.78 Å². The Bertz CT molecular complexity index is 1680. The second-order valence-electron chi connectivity index (χ2n) is 12.4. The van der Waals surface area contributed by atoms with Crippen molar-refractivity contribution in [1.29, 1.82) is 0 Å². The minimum atomic E-state index is -0.872. The molecule has 0 unspecified atom stereocenters. The molecule has 1 fully saturated rings. The molecule has 1 saturated heterocycles. The Morgan fingerprint density at radius 3 is 2.34 bits per heavy atom.